The van der Waals surface area contributed by atoms with E-state index in [1.54, 1.807) is 11.8 Å². The summed E-state index contributed by atoms with van der Waals surface area (Å²) in [6.07, 6.45) is 5.39. The molecule has 5 rings (SSSR count). The third kappa shape index (κ3) is 4.08. The van der Waals surface area contributed by atoms with Gasteiger partial charge in [-0.3, -0.25) is 9.59 Å². The van der Waals surface area contributed by atoms with E-state index in [1.807, 2.05) is 53.3 Å². The van der Waals surface area contributed by atoms with Gasteiger partial charge in [0.15, 0.2) is 0 Å². The zero-order chi connectivity index (χ0) is 22.2. The van der Waals surface area contributed by atoms with Crippen LogP contribution in [0.3, 0.4) is 0 Å². The molecule has 3 unspecified atom stereocenters. The molecule has 0 radical (unpaired) electrons. The van der Waals surface area contributed by atoms with Gasteiger partial charge in [-0.15, -0.1) is 11.8 Å². The maximum absolute atomic E-state index is 13.4. The fourth-order valence-corrected chi connectivity index (χ4v) is 6.86. The molecule has 2 heterocycles. The first-order valence-corrected chi connectivity index (χ1v) is 12.5. The summed E-state index contributed by atoms with van der Waals surface area (Å²) in [6, 6.07) is 16.1. The average Bonchev–Trinajstić information content (AvgIpc) is 2.82. The summed E-state index contributed by atoms with van der Waals surface area (Å²) in [5.41, 5.74) is 3.48. The molecule has 0 bridgehead atoms. The predicted molar refractivity (Wildman–Crippen MR) is 130 cm³/mol. The topological polar surface area (TPSA) is 40.6 Å². The van der Waals surface area contributed by atoms with Gasteiger partial charge in [0.25, 0.3) is 5.91 Å². The molecule has 1 saturated heterocycles. The Morgan fingerprint density at radius 1 is 1.09 bits per heavy atom. The number of carbonyl (C=O) groups is 2. The molecule has 2 aliphatic heterocycles. The summed E-state index contributed by atoms with van der Waals surface area (Å²) in [5.74, 6) is 0.267. The van der Waals surface area contributed by atoms with Crippen LogP contribution in [0.2, 0.25) is 5.02 Å². The Balaban J connectivity index is 1.28. The molecule has 0 aromatic heterocycles. The molecule has 0 spiro atoms. The van der Waals surface area contributed by atoms with Crippen molar-refractivity contribution in [3.63, 3.8) is 0 Å². The molecule has 0 N–H and O–H groups in total. The van der Waals surface area contributed by atoms with Crippen LogP contribution in [0.25, 0.3) is 6.08 Å². The summed E-state index contributed by atoms with van der Waals surface area (Å²) in [7, 11) is 1.88. The highest BCUT2D eigenvalue weighted by Crippen LogP contribution is 2.44. The van der Waals surface area contributed by atoms with Gasteiger partial charge in [0.1, 0.15) is 0 Å². The van der Waals surface area contributed by atoms with E-state index in [0.29, 0.717) is 16.8 Å². The molecule has 3 aliphatic rings. The molecule has 6 heteroatoms. The van der Waals surface area contributed by atoms with Crippen molar-refractivity contribution in [3.8, 4) is 0 Å². The van der Waals surface area contributed by atoms with Gasteiger partial charge in [0.05, 0.1) is 4.91 Å². The fourth-order valence-electron chi connectivity index (χ4n) is 5.20. The average molecular weight is 467 g/mol. The maximum atomic E-state index is 13.4. The molecule has 1 saturated carbocycles. The standard InChI is InChI=1S/C26H27ClN2O2S/c1-28-22-14-19(25(30)29-13-12-17-6-2-3-8-20(17)16-29)10-11-23(22)32-24(26(28)31)15-18-7-4-5-9-21(18)27/h2-9,15,19,22-23H,10-14,16H2,1H3/b24-15-. The number of halogens is 1. The monoisotopic (exact) mass is 466 g/mol. The SMILES string of the molecule is CN1C(=O)/C(=C/c2ccccc2Cl)SC2CCC(C(=O)N3CCc4ccccc4C3)CC21. The zero-order valence-electron chi connectivity index (χ0n) is 18.2. The summed E-state index contributed by atoms with van der Waals surface area (Å²) in [4.78, 5) is 31.1. The van der Waals surface area contributed by atoms with Gasteiger partial charge in [-0.05, 0) is 54.5 Å². The number of hydrogen-bond donors (Lipinski definition) is 0. The van der Waals surface area contributed by atoms with E-state index in [4.69, 9.17) is 11.6 Å². The van der Waals surface area contributed by atoms with Crippen LogP contribution in [0.5, 0.6) is 0 Å². The Morgan fingerprint density at radius 2 is 1.84 bits per heavy atom. The first-order chi connectivity index (χ1) is 15.5. The van der Waals surface area contributed by atoms with Gasteiger partial charge in [0.2, 0.25) is 5.91 Å². The van der Waals surface area contributed by atoms with Crippen LogP contribution in [0.1, 0.15) is 36.0 Å². The lowest BCUT2D eigenvalue weighted by Gasteiger charge is -2.45. The molecule has 166 valence electrons. The minimum absolute atomic E-state index is 0.00791. The molecule has 1 aliphatic carbocycles. The highest BCUT2D eigenvalue weighted by atomic mass is 35.5. The molecular weight excluding hydrogens is 440 g/mol. The Morgan fingerprint density at radius 3 is 2.66 bits per heavy atom. The largest absolute Gasteiger partial charge is 0.338 e. The van der Waals surface area contributed by atoms with Crippen molar-refractivity contribution in [2.75, 3.05) is 13.6 Å². The minimum Gasteiger partial charge on any atom is -0.338 e. The van der Waals surface area contributed by atoms with Crippen molar-refractivity contribution in [2.24, 2.45) is 5.92 Å². The van der Waals surface area contributed by atoms with Gasteiger partial charge in [-0.2, -0.15) is 0 Å². The third-order valence-electron chi connectivity index (χ3n) is 7.05. The number of hydrogen-bond acceptors (Lipinski definition) is 3. The lowest BCUT2D eigenvalue weighted by atomic mass is 9.83. The molecule has 2 aromatic rings. The molecule has 2 aromatic carbocycles. The second-order valence-electron chi connectivity index (χ2n) is 8.96. The number of amides is 2. The Hall–Kier alpha value is -2.24. The molecule has 4 nitrogen and oxygen atoms in total. The quantitative estimate of drug-likeness (QED) is 0.584. The Bertz CT molecular complexity index is 1090. The minimum atomic E-state index is -0.00791. The molecular formula is C26H27ClN2O2S. The number of benzene rings is 2. The van der Waals surface area contributed by atoms with Gasteiger partial charge >= 0.3 is 0 Å². The van der Waals surface area contributed by atoms with Crippen LogP contribution in [-0.4, -0.2) is 46.5 Å². The number of likely N-dealkylation sites (N-methyl/N-ethyl adjacent to an activating group) is 1. The van der Waals surface area contributed by atoms with Crippen molar-refractivity contribution < 1.29 is 9.59 Å². The normalized spacial score (nSPS) is 26.6. The van der Waals surface area contributed by atoms with E-state index >= 15 is 0 Å². The number of fused-ring (bicyclic) bond motifs is 2. The first kappa shape index (κ1) is 21.6. The van der Waals surface area contributed by atoms with Crippen molar-refractivity contribution in [3.05, 3.63) is 75.1 Å². The Kier molecular flexibility index (Phi) is 6.04. The summed E-state index contributed by atoms with van der Waals surface area (Å²) < 4.78 is 0. The van der Waals surface area contributed by atoms with Crippen molar-refractivity contribution in [1.82, 2.24) is 9.80 Å². The van der Waals surface area contributed by atoms with Crippen LogP contribution in [0.4, 0.5) is 0 Å². The Labute approximate surface area is 198 Å². The number of nitrogens with zero attached hydrogens (tertiary/aromatic N) is 2. The zero-order valence-corrected chi connectivity index (χ0v) is 19.7. The van der Waals surface area contributed by atoms with Gasteiger partial charge < -0.3 is 9.80 Å². The van der Waals surface area contributed by atoms with E-state index in [0.717, 1.165) is 42.7 Å². The third-order valence-corrected chi connectivity index (χ3v) is 8.79. The van der Waals surface area contributed by atoms with Gasteiger partial charge in [-0.1, -0.05) is 54.1 Å². The smallest absolute Gasteiger partial charge is 0.260 e. The van der Waals surface area contributed by atoms with E-state index in [2.05, 4.69) is 18.2 Å². The summed E-state index contributed by atoms with van der Waals surface area (Å²) in [6.45, 7) is 1.49. The van der Waals surface area contributed by atoms with Crippen LogP contribution >= 0.6 is 23.4 Å². The molecule has 2 amide bonds. The van der Waals surface area contributed by atoms with Crippen LogP contribution in [-0.2, 0) is 22.6 Å². The molecule has 32 heavy (non-hydrogen) atoms. The van der Waals surface area contributed by atoms with Crippen molar-refractivity contribution in [2.45, 2.75) is 43.5 Å². The number of thioether (sulfide) groups is 1. The second kappa shape index (κ2) is 8.95. The lowest BCUT2D eigenvalue weighted by molar-refractivity contribution is -0.139. The highest BCUT2D eigenvalue weighted by molar-refractivity contribution is 8.04. The first-order valence-electron chi connectivity index (χ1n) is 11.3. The van der Waals surface area contributed by atoms with E-state index in [1.165, 1.54) is 11.1 Å². The fraction of sp³-hybridized carbons (Fsp3) is 0.385. The maximum Gasteiger partial charge on any atom is 0.260 e. The van der Waals surface area contributed by atoms with Gasteiger partial charge in [0, 0.05) is 42.4 Å². The van der Waals surface area contributed by atoms with E-state index in [-0.39, 0.29) is 23.8 Å². The van der Waals surface area contributed by atoms with Crippen LogP contribution in [0.15, 0.2) is 53.4 Å². The van der Waals surface area contributed by atoms with Crippen LogP contribution in [0, 0.1) is 5.92 Å². The number of carbonyl (C=O) groups excluding carboxylic acids is 2. The van der Waals surface area contributed by atoms with Crippen LogP contribution < -0.4 is 0 Å². The number of rotatable bonds is 2. The second-order valence-corrected chi connectivity index (χ2v) is 10.6. The molecule has 2 fully saturated rings. The van der Waals surface area contributed by atoms with Crippen molar-refractivity contribution in [1.29, 1.82) is 0 Å². The predicted octanol–water partition coefficient (Wildman–Crippen LogP) is 5.01. The summed E-state index contributed by atoms with van der Waals surface area (Å²) >= 11 is 7.96. The van der Waals surface area contributed by atoms with Gasteiger partial charge in [-0.25, -0.2) is 0 Å². The van der Waals surface area contributed by atoms with E-state index in [9.17, 15) is 9.59 Å². The van der Waals surface area contributed by atoms with Crippen molar-refractivity contribution >= 4 is 41.3 Å². The molecule has 3 atom stereocenters. The lowest BCUT2D eigenvalue weighted by Crippen LogP contribution is -2.53. The highest BCUT2D eigenvalue weighted by Gasteiger charge is 2.43. The van der Waals surface area contributed by atoms with E-state index < -0.39 is 0 Å². The summed E-state index contributed by atoms with van der Waals surface area (Å²) in [5, 5.41) is 0.966.